The number of fused-ring (bicyclic) bond motifs is 1. The first kappa shape index (κ1) is 23.6. The number of nitrogens with one attached hydrogen (secondary N) is 2. The summed E-state index contributed by atoms with van der Waals surface area (Å²) in [5, 5.41) is 5.45. The summed E-state index contributed by atoms with van der Waals surface area (Å²) in [4.78, 5) is 27.5. The Hall–Kier alpha value is -3.16. The maximum absolute atomic E-state index is 13.7. The summed E-state index contributed by atoms with van der Waals surface area (Å²) in [6, 6.07) is 8.01. The Morgan fingerprint density at radius 2 is 2.17 bits per heavy atom. The average Bonchev–Trinajstić information content (AvgIpc) is 3.43. The number of piperidine rings is 1. The SMILES string of the molecule is CN1CCCCC1CNC(=O)C1=CCC(Cl)C(c2ccc(/C=C3/C(=O)Nc4ccc(F)cc43)o2)=C1. The highest BCUT2D eigenvalue weighted by atomic mass is 35.5. The maximum Gasteiger partial charge on any atom is 0.256 e. The molecule has 0 radical (unpaired) electrons. The Morgan fingerprint density at radius 3 is 3.00 bits per heavy atom. The van der Waals surface area contributed by atoms with E-state index in [2.05, 4.69) is 22.6 Å². The van der Waals surface area contributed by atoms with E-state index < -0.39 is 5.82 Å². The molecule has 1 aromatic heterocycles. The minimum absolute atomic E-state index is 0.125. The molecule has 2 N–H and O–H groups in total. The van der Waals surface area contributed by atoms with Crippen LogP contribution < -0.4 is 10.6 Å². The molecule has 2 amide bonds. The molecule has 2 unspecified atom stereocenters. The van der Waals surface area contributed by atoms with E-state index in [0.29, 0.717) is 58.5 Å². The van der Waals surface area contributed by atoms with E-state index in [4.69, 9.17) is 16.0 Å². The lowest BCUT2D eigenvalue weighted by molar-refractivity contribution is -0.117. The zero-order valence-electron chi connectivity index (χ0n) is 19.4. The number of likely N-dealkylation sites (tertiary alicyclic amines) is 1. The van der Waals surface area contributed by atoms with Gasteiger partial charge in [-0.05, 0) is 75.3 Å². The number of hydrogen-bond acceptors (Lipinski definition) is 4. The summed E-state index contributed by atoms with van der Waals surface area (Å²) in [6.07, 6.45) is 9.17. The van der Waals surface area contributed by atoms with Crippen molar-refractivity contribution in [2.24, 2.45) is 0 Å². The summed E-state index contributed by atoms with van der Waals surface area (Å²) in [5.74, 6) is 0.103. The minimum Gasteiger partial charge on any atom is -0.457 e. The number of allylic oxidation sites excluding steroid dienone is 2. The highest BCUT2D eigenvalue weighted by molar-refractivity contribution is 6.34. The van der Waals surface area contributed by atoms with Crippen LogP contribution in [-0.4, -0.2) is 48.3 Å². The number of rotatable bonds is 5. The monoisotopic (exact) mass is 495 g/mol. The van der Waals surface area contributed by atoms with Crippen molar-refractivity contribution in [3.8, 4) is 0 Å². The van der Waals surface area contributed by atoms with Gasteiger partial charge < -0.3 is 20.0 Å². The van der Waals surface area contributed by atoms with Crippen LogP contribution in [0, 0.1) is 5.82 Å². The van der Waals surface area contributed by atoms with Gasteiger partial charge in [0.05, 0.1) is 11.0 Å². The molecule has 35 heavy (non-hydrogen) atoms. The van der Waals surface area contributed by atoms with Gasteiger partial charge in [0.2, 0.25) is 0 Å². The fourth-order valence-corrected chi connectivity index (χ4v) is 5.06. The van der Waals surface area contributed by atoms with Gasteiger partial charge in [-0.15, -0.1) is 11.6 Å². The fourth-order valence-electron chi connectivity index (χ4n) is 4.80. The second-order valence-corrected chi connectivity index (χ2v) is 9.73. The Kier molecular flexibility index (Phi) is 6.62. The van der Waals surface area contributed by atoms with Gasteiger partial charge in [-0.3, -0.25) is 9.59 Å². The predicted molar refractivity (Wildman–Crippen MR) is 135 cm³/mol. The van der Waals surface area contributed by atoms with Gasteiger partial charge >= 0.3 is 0 Å². The number of nitrogens with zero attached hydrogens (tertiary/aromatic N) is 1. The number of carbonyl (C=O) groups excluding carboxylic acids is 2. The van der Waals surface area contributed by atoms with Gasteiger partial charge in [-0.25, -0.2) is 4.39 Å². The van der Waals surface area contributed by atoms with E-state index in [1.165, 1.54) is 31.0 Å². The third kappa shape index (κ3) is 4.97. The largest absolute Gasteiger partial charge is 0.457 e. The molecule has 3 heterocycles. The number of carbonyl (C=O) groups is 2. The third-order valence-corrected chi connectivity index (χ3v) is 7.25. The van der Waals surface area contributed by atoms with Crippen molar-refractivity contribution in [2.45, 2.75) is 37.1 Å². The first-order valence-electron chi connectivity index (χ1n) is 11.9. The van der Waals surface area contributed by atoms with Crippen molar-refractivity contribution in [3.05, 3.63) is 71.0 Å². The summed E-state index contributed by atoms with van der Waals surface area (Å²) in [5.41, 5.74) is 2.65. The standard InChI is InChI=1S/C27H27ClFN3O3/c1-32-11-3-2-4-18(32)15-30-26(33)16-5-8-23(28)22(12-16)25-10-7-19(35-25)14-21-20-13-17(29)6-9-24(20)31-27(21)34/h5-7,9-10,12-14,18,23H,2-4,8,11,15H2,1H3,(H,30,33)(H,31,34)/b21-14+. The molecule has 5 rings (SSSR count). The molecule has 0 bridgehead atoms. The molecular weight excluding hydrogens is 469 g/mol. The number of benzene rings is 1. The van der Waals surface area contributed by atoms with Gasteiger partial charge in [0.25, 0.3) is 11.8 Å². The van der Waals surface area contributed by atoms with Crippen molar-refractivity contribution in [1.29, 1.82) is 0 Å². The van der Waals surface area contributed by atoms with Gasteiger partial charge in [-0.1, -0.05) is 12.5 Å². The molecule has 182 valence electrons. The molecule has 1 aromatic carbocycles. The molecule has 0 spiro atoms. The molecule has 2 aliphatic heterocycles. The molecule has 1 aliphatic carbocycles. The second-order valence-electron chi connectivity index (χ2n) is 9.21. The number of anilines is 1. The van der Waals surface area contributed by atoms with Crippen LogP contribution in [0.1, 0.15) is 42.8 Å². The first-order chi connectivity index (χ1) is 16.9. The molecule has 0 saturated carbocycles. The molecule has 6 nitrogen and oxygen atoms in total. The first-order valence-corrected chi connectivity index (χ1v) is 12.3. The van der Waals surface area contributed by atoms with E-state index in [1.807, 2.05) is 6.08 Å². The lowest BCUT2D eigenvalue weighted by atomic mass is 9.96. The van der Waals surface area contributed by atoms with E-state index in [-0.39, 0.29) is 17.2 Å². The van der Waals surface area contributed by atoms with Crippen LogP contribution in [0.4, 0.5) is 10.1 Å². The second kappa shape index (κ2) is 9.84. The summed E-state index contributed by atoms with van der Waals surface area (Å²) in [7, 11) is 2.10. The smallest absolute Gasteiger partial charge is 0.256 e. The number of alkyl halides is 1. The molecular formula is C27H27ClFN3O3. The Labute approximate surface area is 208 Å². The van der Waals surface area contributed by atoms with Crippen LogP contribution in [0.2, 0.25) is 0 Å². The number of halogens is 2. The lowest BCUT2D eigenvalue weighted by Gasteiger charge is -2.32. The normalized spacial score (nSPS) is 23.5. The van der Waals surface area contributed by atoms with Gasteiger partial charge in [-0.2, -0.15) is 0 Å². The molecule has 1 fully saturated rings. The quantitative estimate of drug-likeness (QED) is 0.460. The van der Waals surface area contributed by atoms with Crippen LogP contribution in [0.5, 0.6) is 0 Å². The Balaban J connectivity index is 1.32. The predicted octanol–water partition coefficient (Wildman–Crippen LogP) is 4.83. The maximum atomic E-state index is 13.7. The van der Waals surface area contributed by atoms with Gasteiger partial charge in [0.1, 0.15) is 17.3 Å². The fraction of sp³-hybridized carbons (Fsp3) is 0.333. The molecule has 8 heteroatoms. The topological polar surface area (TPSA) is 74.6 Å². The highest BCUT2D eigenvalue weighted by Gasteiger charge is 2.27. The van der Waals surface area contributed by atoms with E-state index >= 15 is 0 Å². The van der Waals surface area contributed by atoms with Crippen molar-refractivity contribution in [3.63, 3.8) is 0 Å². The Morgan fingerprint density at radius 1 is 1.31 bits per heavy atom. The molecule has 2 atom stereocenters. The van der Waals surface area contributed by atoms with Crippen molar-refractivity contribution in [2.75, 3.05) is 25.5 Å². The number of likely N-dealkylation sites (N-methyl/N-ethyl adjacent to an activating group) is 1. The van der Waals surface area contributed by atoms with Gasteiger partial charge in [0, 0.05) is 35.0 Å². The molecule has 1 saturated heterocycles. The third-order valence-electron chi connectivity index (χ3n) is 6.84. The van der Waals surface area contributed by atoms with Crippen LogP contribution in [0.25, 0.3) is 17.2 Å². The van der Waals surface area contributed by atoms with Crippen LogP contribution in [-0.2, 0) is 9.59 Å². The molecule has 3 aliphatic rings. The zero-order chi connectivity index (χ0) is 24.5. The van der Waals surface area contributed by atoms with E-state index in [1.54, 1.807) is 24.3 Å². The zero-order valence-corrected chi connectivity index (χ0v) is 20.2. The van der Waals surface area contributed by atoms with Crippen molar-refractivity contribution < 1.29 is 18.4 Å². The summed E-state index contributed by atoms with van der Waals surface area (Å²) < 4.78 is 19.7. The Bertz CT molecular complexity index is 1260. The van der Waals surface area contributed by atoms with Crippen molar-refractivity contribution >= 4 is 46.3 Å². The number of furan rings is 1. The summed E-state index contributed by atoms with van der Waals surface area (Å²) >= 11 is 6.56. The van der Waals surface area contributed by atoms with Crippen LogP contribution in [0.3, 0.4) is 0 Å². The van der Waals surface area contributed by atoms with E-state index in [9.17, 15) is 14.0 Å². The van der Waals surface area contributed by atoms with Gasteiger partial charge in [0.15, 0.2) is 0 Å². The van der Waals surface area contributed by atoms with Crippen molar-refractivity contribution in [1.82, 2.24) is 10.2 Å². The van der Waals surface area contributed by atoms with E-state index in [0.717, 1.165) is 13.0 Å². The highest BCUT2D eigenvalue weighted by Crippen LogP contribution is 2.36. The lowest BCUT2D eigenvalue weighted by Crippen LogP contribution is -2.44. The van der Waals surface area contributed by atoms with Crippen LogP contribution in [0.15, 0.2) is 52.5 Å². The summed E-state index contributed by atoms with van der Waals surface area (Å²) in [6.45, 7) is 1.67. The minimum atomic E-state index is -0.420. The van der Waals surface area contributed by atoms with Crippen LogP contribution >= 0.6 is 11.6 Å². The number of amides is 2. The average molecular weight is 496 g/mol. The molecule has 2 aromatic rings. The number of hydrogen-bond donors (Lipinski definition) is 2.